The van der Waals surface area contributed by atoms with E-state index < -0.39 is 24.0 Å². The minimum absolute atomic E-state index is 0.0393. The first-order chi connectivity index (χ1) is 10.8. The van der Waals surface area contributed by atoms with E-state index in [2.05, 4.69) is 30.1 Å². The molecule has 2 N–H and O–H groups in total. The highest BCUT2D eigenvalue weighted by molar-refractivity contribution is 5.92. The number of hydrogen-bond donors (Lipinski definition) is 2. The van der Waals surface area contributed by atoms with Gasteiger partial charge in [0.15, 0.2) is 5.65 Å². The molecule has 3 rings (SSSR count). The van der Waals surface area contributed by atoms with Crippen LogP contribution in [0.1, 0.15) is 0 Å². The minimum atomic E-state index is -5.07. The van der Waals surface area contributed by atoms with Gasteiger partial charge in [0.1, 0.15) is 5.52 Å². The Bertz CT molecular complexity index is 755. The Morgan fingerprint density at radius 2 is 2.09 bits per heavy atom. The van der Waals surface area contributed by atoms with Crippen LogP contribution in [0.5, 0.6) is 0 Å². The monoisotopic (exact) mass is 330 g/mol. The Morgan fingerprint density at radius 1 is 1.35 bits per heavy atom. The van der Waals surface area contributed by atoms with Crippen LogP contribution in [0, 0.1) is 5.92 Å². The van der Waals surface area contributed by atoms with Crippen LogP contribution in [0.4, 0.5) is 19.1 Å². The van der Waals surface area contributed by atoms with Crippen molar-refractivity contribution in [3.05, 3.63) is 12.5 Å². The van der Waals surface area contributed by atoms with Crippen molar-refractivity contribution in [3.63, 3.8) is 0 Å². The van der Waals surface area contributed by atoms with Gasteiger partial charge >= 0.3 is 12.1 Å². The van der Waals surface area contributed by atoms with Crippen molar-refractivity contribution in [2.24, 2.45) is 5.92 Å². The molecule has 0 radical (unpaired) electrons. The molecule has 9 nitrogen and oxygen atoms in total. The normalized spacial score (nSPS) is 16.1. The fourth-order valence-electron chi connectivity index (χ4n) is 1.86. The van der Waals surface area contributed by atoms with E-state index in [0.29, 0.717) is 11.2 Å². The van der Waals surface area contributed by atoms with Crippen molar-refractivity contribution in [1.82, 2.24) is 25.0 Å². The second-order valence-electron chi connectivity index (χ2n) is 4.74. The van der Waals surface area contributed by atoms with Gasteiger partial charge in [-0.2, -0.15) is 18.2 Å². The number of aromatic nitrogens is 4. The van der Waals surface area contributed by atoms with Crippen molar-refractivity contribution in [2.75, 3.05) is 18.4 Å². The third kappa shape index (κ3) is 3.21. The number of hydroxylamine groups is 2. The van der Waals surface area contributed by atoms with Crippen LogP contribution in [0.15, 0.2) is 12.5 Å². The number of carbonyl (C=O) groups is 2. The van der Waals surface area contributed by atoms with Crippen LogP contribution in [-0.2, 0) is 14.4 Å². The summed E-state index contributed by atoms with van der Waals surface area (Å²) in [6.45, 7) is -0.278. The number of rotatable bonds is 3. The average Bonchev–Trinajstić information content (AvgIpc) is 2.88. The highest BCUT2D eigenvalue weighted by Gasteiger charge is 2.45. The molecule has 0 unspecified atom stereocenters. The first-order valence-electron chi connectivity index (χ1n) is 6.34. The lowest BCUT2D eigenvalue weighted by Crippen LogP contribution is -2.53. The number of imidazole rings is 1. The van der Waals surface area contributed by atoms with E-state index in [0.717, 1.165) is 5.06 Å². The predicted molar refractivity (Wildman–Crippen MR) is 67.5 cm³/mol. The molecule has 122 valence electrons. The maximum Gasteiger partial charge on any atom is 0.492 e. The summed E-state index contributed by atoms with van der Waals surface area (Å²) >= 11 is 0. The first kappa shape index (κ1) is 15.1. The van der Waals surface area contributed by atoms with Gasteiger partial charge in [0, 0.05) is 13.1 Å². The van der Waals surface area contributed by atoms with E-state index in [-0.39, 0.29) is 19.0 Å². The number of carbonyl (C=O) groups excluding carboxylic acids is 2. The van der Waals surface area contributed by atoms with Crippen LogP contribution in [0.3, 0.4) is 0 Å². The molecule has 1 aliphatic rings. The molecule has 1 amide bonds. The number of H-pyrrole nitrogens is 1. The topological polar surface area (TPSA) is 113 Å². The van der Waals surface area contributed by atoms with Gasteiger partial charge in [-0.05, 0) is 0 Å². The fraction of sp³-hybridized carbons (Fsp3) is 0.364. The molecule has 1 aliphatic heterocycles. The summed E-state index contributed by atoms with van der Waals surface area (Å²) < 4.78 is 36.0. The van der Waals surface area contributed by atoms with E-state index in [9.17, 15) is 22.8 Å². The van der Waals surface area contributed by atoms with Crippen LogP contribution in [0.2, 0.25) is 0 Å². The van der Waals surface area contributed by atoms with Crippen LogP contribution in [-0.4, -0.2) is 56.1 Å². The summed E-state index contributed by atoms with van der Waals surface area (Å²) in [7, 11) is 0. The molecule has 0 bridgehead atoms. The van der Waals surface area contributed by atoms with Crippen molar-refractivity contribution in [1.29, 1.82) is 0 Å². The molecule has 0 saturated carbocycles. The summed E-state index contributed by atoms with van der Waals surface area (Å²) in [5.41, 5.74) is 0.960. The number of fused-ring (bicyclic) bond motifs is 1. The van der Waals surface area contributed by atoms with Gasteiger partial charge in [-0.1, -0.05) is 0 Å². The zero-order valence-electron chi connectivity index (χ0n) is 11.3. The third-order valence-corrected chi connectivity index (χ3v) is 3.07. The second kappa shape index (κ2) is 5.46. The molecule has 1 saturated heterocycles. The standard InChI is InChI=1S/C11H9F3N6O3/c12-11(13,14)9(22)23-20-2-5(3-20)8(21)19-10-15-1-6-7(18-10)17-4-16-6/h1,4-5H,2-3H2,(H2,15,16,17,18,19,21). The zero-order valence-corrected chi connectivity index (χ0v) is 11.3. The van der Waals surface area contributed by atoms with Crippen molar-refractivity contribution >= 4 is 29.0 Å². The largest absolute Gasteiger partial charge is 0.492 e. The lowest BCUT2D eigenvalue weighted by molar-refractivity contribution is -0.256. The number of hydrogen-bond acceptors (Lipinski definition) is 7. The second-order valence-corrected chi connectivity index (χ2v) is 4.74. The SMILES string of the molecule is O=C(Nc1ncc2nc[nH]c2n1)C1CN(OC(=O)C(F)(F)F)C1. The Kier molecular flexibility index (Phi) is 3.60. The number of amides is 1. The van der Waals surface area contributed by atoms with E-state index >= 15 is 0 Å². The lowest BCUT2D eigenvalue weighted by Gasteiger charge is -2.35. The molecule has 3 heterocycles. The summed E-state index contributed by atoms with van der Waals surface area (Å²) in [4.78, 5) is 41.1. The predicted octanol–water partition coefficient (Wildman–Crippen LogP) is 0.244. The molecule has 12 heteroatoms. The number of nitrogens with zero attached hydrogens (tertiary/aromatic N) is 4. The van der Waals surface area contributed by atoms with Crippen molar-refractivity contribution in [2.45, 2.75) is 6.18 Å². The average molecular weight is 330 g/mol. The molecule has 0 atom stereocenters. The number of aromatic amines is 1. The molecular weight excluding hydrogens is 321 g/mol. The van der Waals surface area contributed by atoms with Crippen molar-refractivity contribution in [3.8, 4) is 0 Å². The molecule has 1 fully saturated rings. The molecule has 0 spiro atoms. The molecule has 0 aromatic carbocycles. The van der Waals surface area contributed by atoms with Gasteiger partial charge in [0.2, 0.25) is 11.9 Å². The highest BCUT2D eigenvalue weighted by atomic mass is 19.4. The Morgan fingerprint density at radius 3 is 2.78 bits per heavy atom. The first-order valence-corrected chi connectivity index (χ1v) is 6.34. The highest BCUT2D eigenvalue weighted by Crippen LogP contribution is 2.22. The maximum atomic E-state index is 12.0. The van der Waals surface area contributed by atoms with E-state index in [1.54, 1.807) is 0 Å². The third-order valence-electron chi connectivity index (χ3n) is 3.07. The number of alkyl halides is 3. The quantitative estimate of drug-likeness (QED) is 0.829. The summed E-state index contributed by atoms with van der Waals surface area (Å²) in [6, 6.07) is 0. The number of anilines is 1. The van der Waals surface area contributed by atoms with Crippen molar-refractivity contribution < 1.29 is 27.6 Å². The summed E-state index contributed by atoms with van der Waals surface area (Å²) in [6.07, 6.45) is -2.24. The van der Waals surface area contributed by atoms with Gasteiger partial charge in [-0.25, -0.2) is 14.8 Å². The molecule has 2 aromatic heterocycles. The smallest absolute Gasteiger partial charge is 0.361 e. The lowest BCUT2D eigenvalue weighted by atomic mass is 10.0. The van der Waals surface area contributed by atoms with Gasteiger partial charge in [-0.3, -0.25) is 10.1 Å². The van der Waals surface area contributed by atoms with E-state index in [4.69, 9.17) is 0 Å². The summed E-state index contributed by atoms with van der Waals surface area (Å²) in [5.74, 6) is -3.39. The Hall–Kier alpha value is -2.76. The van der Waals surface area contributed by atoms with E-state index in [1.165, 1.54) is 12.5 Å². The fourth-order valence-corrected chi connectivity index (χ4v) is 1.86. The molecular formula is C11H9F3N6O3. The molecule has 2 aromatic rings. The zero-order chi connectivity index (χ0) is 16.6. The Labute approximate surface area is 125 Å². The van der Waals surface area contributed by atoms with Crippen LogP contribution in [0.25, 0.3) is 11.2 Å². The molecule has 23 heavy (non-hydrogen) atoms. The van der Waals surface area contributed by atoms with Crippen LogP contribution >= 0.6 is 0 Å². The van der Waals surface area contributed by atoms with Gasteiger partial charge in [0.25, 0.3) is 0 Å². The van der Waals surface area contributed by atoms with Crippen LogP contribution < -0.4 is 5.32 Å². The number of nitrogens with one attached hydrogen (secondary N) is 2. The van der Waals surface area contributed by atoms with Gasteiger partial charge < -0.3 is 9.82 Å². The summed E-state index contributed by atoms with van der Waals surface area (Å²) in [5, 5.41) is 3.19. The maximum absolute atomic E-state index is 12.0. The van der Waals surface area contributed by atoms with Gasteiger partial charge in [-0.15, -0.1) is 5.06 Å². The molecule has 0 aliphatic carbocycles. The number of halogens is 3. The Balaban J connectivity index is 1.52. The van der Waals surface area contributed by atoms with E-state index in [1.807, 2.05) is 0 Å². The minimum Gasteiger partial charge on any atom is -0.361 e. The van der Waals surface area contributed by atoms with Gasteiger partial charge in [0.05, 0.1) is 18.4 Å².